The van der Waals surface area contributed by atoms with E-state index in [9.17, 15) is 13.6 Å². The standard InChI is InChI=1S/C19H14F2N4O3S/c20-11-8-12(21)17-16(9-11)29-19(22-17)25-5-3-24(4-6-25)18(26)13-10-15(28-23-13)14-2-1-7-27-14/h1-2,7-10H,3-6H2. The Hall–Kier alpha value is -3.27. The number of piperazine rings is 1. The van der Waals surface area contributed by atoms with Gasteiger partial charge in [-0.05, 0) is 18.2 Å². The minimum absolute atomic E-state index is 0.165. The van der Waals surface area contributed by atoms with Gasteiger partial charge in [0.2, 0.25) is 5.76 Å². The molecule has 0 unspecified atom stereocenters. The van der Waals surface area contributed by atoms with E-state index in [1.54, 1.807) is 23.1 Å². The van der Waals surface area contributed by atoms with Gasteiger partial charge in [0.05, 0.1) is 11.0 Å². The molecule has 29 heavy (non-hydrogen) atoms. The summed E-state index contributed by atoms with van der Waals surface area (Å²) in [7, 11) is 0. The lowest BCUT2D eigenvalue weighted by atomic mass is 10.2. The number of thiazole rings is 1. The zero-order chi connectivity index (χ0) is 20.0. The van der Waals surface area contributed by atoms with Crippen LogP contribution in [0.4, 0.5) is 13.9 Å². The van der Waals surface area contributed by atoms with Crippen molar-refractivity contribution in [3.63, 3.8) is 0 Å². The molecule has 7 nitrogen and oxygen atoms in total. The van der Waals surface area contributed by atoms with Crippen LogP contribution in [0.5, 0.6) is 0 Å². The molecule has 148 valence electrons. The zero-order valence-electron chi connectivity index (χ0n) is 15.0. The van der Waals surface area contributed by atoms with Crippen LogP contribution in [0.2, 0.25) is 0 Å². The SMILES string of the molecule is O=C(c1cc(-c2ccco2)on1)N1CCN(c2nc3c(F)cc(F)cc3s2)CC1. The third-order valence-electron chi connectivity index (χ3n) is 4.73. The summed E-state index contributed by atoms with van der Waals surface area (Å²) in [5, 5.41) is 4.45. The first-order chi connectivity index (χ1) is 14.1. The van der Waals surface area contributed by atoms with Gasteiger partial charge in [0, 0.05) is 38.3 Å². The molecule has 3 aromatic heterocycles. The van der Waals surface area contributed by atoms with Gasteiger partial charge < -0.3 is 18.7 Å². The summed E-state index contributed by atoms with van der Waals surface area (Å²) < 4.78 is 38.2. The maximum absolute atomic E-state index is 13.9. The molecular formula is C19H14F2N4O3S. The molecule has 4 heterocycles. The highest BCUT2D eigenvalue weighted by atomic mass is 32.1. The molecule has 1 saturated heterocycles. The summed E-state index contributed by atoms with van der Waals surface area (Å²) in [6.45, 7) is 1.96. The first-order valence-corrected chi connectivity index (χ1v) is 9.70. The van der Waals surface area contributed by atoms with Gasteiger partial charge >= 0.3 is 0 Å². The van der Waals surface area contributed by atoms with Gasteiger partial charge in [-0.25, -0.2) is 13.8 Å². The maximum Gasteiger partial charge on any atom is 0.276 e. The van der Waals surface area contributed by atoms with E-state index in [1.807, 2.05) is 4.90 Å². The number of benzene rings is 1. The lowest BCUT2D eigenvalue weighted by Crippen LogP contribution is -2.48. The lowest BCUT2D eigenvalue weighted by molar-refractivity contribution is 0.0736. The first kappa shape index (κ1) is 17.8. The summed E-state index contributed by atoms with van der Waals surface area (Å²) in [4.78, 5) is 20.6. The van der Waals surface area contributed by atoms with Crippen LogP contribution >= 0.6 is 11.3 Å². The van der Waals surface area contributed by atoms with E-state index in [0.29, 0.717) is 47.5 Å². The molecule has 4 aromatic rings. The Labute approximate surface area is 167 Å². The highest BCUT2D eigenvalue weighted by Crippen LogP contribution is 2.31. The fraction of sp³-hybridized carbons (Fsp3) is 0.211. The summed E-state index contributed by atoms with van der Waals surface area (Å²) in [5.41, 5.74) is 0.375. The van der Waals surface area contributed by atoms with Gasteiger partial charge in [0.1, 0.15) is 11.3 Å². The number of rotatable bonds is 3. The molecule has 0 bridgehead atoms. The van der Waals surface area contributed by atoms with Crippen molar-refractivity contribution >= 4 is 32.6 Å². The van der Waals surface area contributed by atoms with Crippen LogP contribution in [-0.4, -0.2) is 47.1 Å². The van der Waals surface area contributed by atoms with Gasteiger partial charge in [0.25, 0.3) is 5.91 Å². The molecular weight excluding hydrogens is 402 g/mol. The van der Waals surface area contributed by atoms with Crippen molar-refractivity contribution in [2.75, 3.05) is 31.1 Å². The van der Waals surface area contributed by atoms with E-state index >= 15 is 0 Å². The molecule has 1 fully saturated rings. The summed E-state index contributed by atoms with van der Waals surface area (Å²) in [6, 6.07) is 7.11. The molecule has 0 atom stereocenters. The zero-order valence-corrected chi connectivity index (χ0v) is 15.8. The minimum atomic E-state index is -0.672. The lowest BCUT2D eigenvalue weighted by Gasteiger charge is -2.34. The Kier molecular flexibility index (Phi) is 4.27. The van der Waals surface area contributed by atoms with E-state index in [1.165, 1.54) is 23.7 Å². The van der Waals surface area contributed by atoms with E-state index < -0.39 is 11.6 Å². The second-order valence-electron chi connectivity index (χ2n) is 6.56. The number of nitrogens with zero attached hydrogens (tertiary/aromatic N) is 4. The Balaban J connectivity index is 1.28. The molecule has 0 N–H and O–H groups in total. The van der Waals surface area contributed by atoms with E-state index in [2.05, 4.69) is 10.1 Å². The summed E-state index contributed by atoms with van der Waals surface area (Å²) in [5.74, 6) is -0.637. The van der Waals surface area contributed by atoms with Gasteiger partial charge in [0.15, 0.2) is 22.4 Å². The van der Waals surface area contributed by atoms with Crippen molar-refractivity contribution in [3.05, 3.63) is 53.9 Å². The molecule has 0 spiro atoms. The molecule has 1 aromatic carbocycles. The summed E-state index contributed by atoms with van der Waals surface area (Å²) >= 11 is 1.23. The van der Waals surface area contributed by atoms with Crippen LogP contribution in [0.1, 0.15) is 10.5 Å². The van der Waals surface area contributed by atoms with Crippen LogP contribution < -0.4 is 4.90 Å². The number of halogens is 2. The van der Waals surface area contributed by atoms with Gasteiger partial charge in [-0.15, -0.1) is 0 Å². The number of aromatic nitrogens is 2. The Morgan fingerprint density at radius 3 is 2.69 bits per heavy atom. The largest absolute Gasteiger partial charge is 0.461 e. The van der Waals surface area contributed by atoms with Crippen LogP contribution in [0, 0.1) is 11.6 Å². The van der Waals surface area contributed by atoms with Crippen molar-refractivity contribution in [2.24, 2.45) is 0 Å². The molecule has 1 aliphatic heterocycles. The second-order valence-corrected chi connectivity index (χ2v) is 7.57. The molecule has 0 aliphatic carbocycles. The average Bonchev–Trinajstić information content (AvgIpc) is 3.46. The Morgan fingerprint density at radius 2 is 1.93 bits per heavy atom. The van der Waals surface area contributed by atoms with Crippen molar-refractivity contribution in [2.45, 2.75) is 0 Å². The monoisotopic (exact) mass is 416 g/mol. The van der Waals surface area contributed by atoms with Crippen LogP contribution in [-0.2, 0) is 0 Å². The van der Waals surface area contributed by atoms with Crippen molar-refractivity contribution in [3.8, 4) is 11.5 Å². The average molecular weight is 416 g/mol. The van der Waals surface area contributed by atoms with Crippen molar-refractivity contribution < 1.29 is 22.5 Å². The number of carbonyl (C=O) groups is 1. The number of hydrogen-bond donors (Lipinski definition) is 0. The smallest absolute Gasteiger partial charge is 0.276 e. The maximum atomic E-state index is 13.9. The van der Waals surface area contributed by atoms with Crippen LogP contribution in [0.25, 0.3) is 21.7 Å². The topological polar surface area (TPSA) is 75.6 Å². The number of anilines is 1. The normalized spacial score (nSPS) is 14.7. The first-order valence-electron chi connectivity index (χ1n) is 8.89. The van der Waals surface area contributed by atoms with E-state index in [-0.39, 0.29) is 17.1 Å². The third kappa shape index (κ3) is 3.25. The fourth-order valence-corrected chi connectivity index (χ4v) is 4.31. The highest BCUT2D eigenvalue weighted by Gasteiger charge is 2.26. The van der Waals surface area contributed by atoms with Crippen LogP contribution in [0.3, 0.4) is 0 Å². The Bertz CT molecular complexity index is 1180. The predicted octanol–water partition coefficient (Wildman–Crippen LogP) is 3.78. The molecule has 1 amide bonds. The van der Waals surface area contributed by atoms with Crippen LogP contribution in [0.15, 0.2) is 45.5 Å². The molecule has 0 radical (unpaired) electrons. The summed E-state index contributed by atoms with van der Waals surface area (Å²) in [6.07, 6.45) is 1.51. The third-order valence-corrected chi connectivity index (χ3v) is 5.80. The second kappa shape index (κ2) is 6.96. The number of hydrogen-bond acceptors (Lipinski definition) is 7. The van der Waals surface area contributed by atoms with Gasteiger partial charge in [-0.1, -0.05) is 16.5 Å². The molecule has 5 rings (SSSR count). The van der Waals surface area contributed by atoms with Crippen molar-refractivity contribution in [1.82, 2.24) is 15.0 Å². The highest BCUT2D eigenvalue weighted by molar-refractivity contribution is 7.22. The molecule has 10 heteroatoms. The predicted molar refractivity (Wildman–Crippen MR) is 102 cm³/mol. The van der Waals surface area contributed by atoms with Gasteiger partial charge in [-0.2, -0.15) is 0 Å². The Morgan fingerprint density at radius 1 is 1.10 bits per heavy atom. The molecule has 1 aliphatic rings. The van der Waals surface area contributed by atoms with Crippen molar-refractivity contribution in [1.29, 1.82) is 0 Å². The number of fused-ring (bicyclic) bond motifs is 1. The van der Waals surface area contributed by atoms with Gasteiger partial charge in [-0.3, -0.25) is 4.79 Å². The number of carbonyl (C=O) groups excluding carboxylic acids is 1. The quantitative estimate of drug-likeness (QED) is 0.506. The van der Waals surface area contributed by atoms with E-state index in [0.717, 1.165) is 6.07 Å². The number of furan rings is 1. The minimum Gasteiger partial charge on any atom is -0.461 e. The fourth-order valence-electron chi connectivity index (χ4n) is 3.25. The molecule has 0 saturated carbocycles. The number of amides is 1. The van der Waals surface area contributed by atoms with E-state index in [4.69, 9.17) is 8.94 Å².